The van der Waals surface area contributed by atoms with Crippen LogP contribution in [0.3, 0.4) is 0 Å². The summed E-state index contributed by atoms with van der Waals surface area (Å²) in [5, 5.41) is 8.67. The van der Waals surface area contributed by atoms with Crippen molar-refractivity contribution in [3.8, 4) is 11.5 Å². The molecule has 17 heavy (non-hydrogen) atoms. The number of ether oxygens (including phenoxy) is 2. The molecule has 0 saturated heterocycles. The summed E-state index contributed by atoms with van der Waals surface area (Å²) in [7, 11) is 0. The van der Waals surface area contributed by atoms with E-state index in [9.17, 15) is 9.18 Å². The number of carbonyl (C=O) groups is 1. The Morgan fingerprint density at radius 2 is 2.18 bits per heavy atom. The average molecular weight is 241 g/mol. The van der Waals surface area contributed by atoms with E-state index in [0.717, 1.165) is 0 Å². The number of hydrogen-bond donors (Lipinski definition) is 2. The van der Waals surface area contributed by atoms with Crippen molar-refractivity contribution < 1.29 is 23.8 Å². The van der Waals surface area contributed by atoms with E-state index < -0.39 is 17.8 Å². The minimum Gasteiger partial charge on any atom is -0.486 e. The van der Waals surface area contributed by atoms with Gasteiger partial charge in [-0.15, -0.1) is 0 Å². The lowest BCUT2D eigenvalue weighted by Gasteiger charge is -2.23. The molecule has 1 aliphatic rings. The van der Waals surface area contributed by atoms with E-state index in [4.69, 9.17) is 20.3 Å². The zero-order valence-corrected chi connectivity index (χ0v) is 8.98. The summed E-state index contributed by atoms with van der Waals surface area (Å²) < 4.78 is 24.2. The summed E-state index contributed by atoms with van der Waals surface area (Å²) in [6.45, 7) is 0.676. The molecule has 92 valence electrons. The topological polar surface area (TPSA) is 81.8 Å². The van der Waals surface area contributed by atoms with Crippen LogP contribution in [0, 0.1) is 5.82 Å². The van der Waals surface area contributed by atoms with Crippen molar-refractivity contribution in [3.63, 3.8) is 0 Å². The molecule has 0 radical (unpaired) electrons. The monoisotopic (exact) mass is 241 g/mol. The summed E-state index contributed by atoms with van der Waals surface area (Å²) in [5.74, 6) is -1.06. The molecule has 0 spiro atoms. The molecule has 0 amide bonds. The second-order valence-corrected chi connectivity index (χ2v) is 3.69. The van der Waals surface area contributed by atoms with Gasteiger partial charge in [-0.1, -0.05) is 0 Å². The molecular weight excluding hydrogens is 229 g/mol. The lowest BCUT2D eigenvalue weighted by molar-refractivity contribution is -0.137. The molecule has 1 aromatic rings. The number of rotatable bonds is 3. The predicted octanol–water partition coefficient (Wildman–Crippen LogP) is 1.07. The second-order valence-electron chi connectivity index (χ2n) is 3.69. The Morgan fingerprint density at radius 3 is 2.88 bits per heavy atom. The predicted molar refractivity (Wildman–Crippen MR) is 56.6 cm³/mol. The second kappa shape index (κ2) is 4.58. The van der Waals surface area contributed by atoms with Gasteiger partial charge in [-0.2, -0.15) is 0 Å². The first-order valence-electron chi connectivity index (χ1n) is 5.15. The van der Waals surface area contributed by atoms with E-state index in [-0.39, 0.29) is 17.7 Å². The van der Waals surface area contributed by atoms with E-state index in [1.807, 2.05) is 0 Å². The maximum Gasteiger partial charge on any atom is 0.305 e. The number of carboxylic acids is 1. The molecule has 6 heteroatoms. The van der Waals surface area contributed by atoms with Gasteiger partial charge >= 0.3 is 5.97 Å². The molecule has 5 nitrogen and oxygen atoms in total. The van der Waals surface area contributed by atoms with E-state index >= 15 is 0 Å². The highest BCUT2D eigenvalue weighted by Gasteiger charge is 2.25. The van der Waals surface area contributed by atoms with Crippen molar-refractivity contribution in [2.45, 2.75) is 12.5 Å². The smallest absolute Gasteiger partial charge is 0.305 e. The molecule has 1 aromatic carbocycles. The number of halogens is 1. The number of benzene rings is 1. The summed E-state index contributed by atoms with van der Waals surface area (Å²) in [6.07, 6.45) is -0.364. The number of nitrogens with two attached hydrogens (primary N) is 1. The highest BCUT2D eigenvalue weighted by atomic mass is 19.1. The van der Waals surface area contributed by atoms with Gasteiger partial charge in [0.15, 0.2) is 11.5 Å². The Bertz CT molecular complexity index is 449. The van der Waals surface area contributed by atoms with Gasteiger partial charge in [-0.05, 0) is 12.1 Å². The van der Waals surface area contributed by atoms with Gasteiger partial charge in [0.2, 0.25) is 0 Å². The maximum absolute atomic E-state index is 13.7. The van der Waals surface area contributed by atoms with Crippen molar-refractivity contribution in [2.24, 2.45) is 5.73 Å². The van der Waals surface area contributed by atoms with Crippen LogP contribution in [-0.2, 0) is 4.79 Å². The Labute approximate surface area is 96.9 Å². The van der Waals surface area contributed by atoms with Crippen LogP contribution in [0.4, 0.5) is 4.39 Å². The SMILES string of the molecule is NC(CC(=O)O)c1c(F)ccc2c1OCCO2. The number of fused-ring (bicyclic) bond motifs is 1. The van der Waals surface area contributed by atoms with Crippen LogP contribution in [0.15, 0.2) is 12.1 Å². The molecule has 0 fully saturated rings. The third-order valence-corrected chi connectivity index (χ3v) is 2.46. The number of aliphatic carboxylic acids is 1. The summed E-state index contributed by atoms with van der Waals surface area (Å²) in [4.78, 5) is 10.6. The molecule has 3 N–H and O–H groups in total. The fourth-order valence-corrected chi connectivity index (χ4v) is 1.75. The van der Waals surface area contributed by atoms with Gasteiger partial charge in [-0.3, -0.25) is 4.79 Å². The minimum atomic E-state index is -1.09. The van der Waals surface area contributed by atoms with Crippen LogP contribution in [-0.4, -0.2) is 24.3 Å². The van der Waals surface area contributed by atoms with Crippen LogP contribution >= 0.6 is 0 Å². The van der Waals surface area contributed by atoms with Gasteiger partial charge in [0.1, 0.15) is 19.0 Å². The summed E-state index contributed by atoms with van der Waals surface area (Å²) in [6, 6.07) is 1.69. The molecule has 1 heterocycles. The van der Waals surface area contributed by atoms with Crippen LogP contribution in [0.2, 0.25) is 0 Å². The van der Waals surface area contributed by atoms with Gasteiger partial charge < -0.3 is 20.3 Å². The zero-order chi connectivity index (χ0) is 12.4. The molecule has 0 aliphatic carbocycles. The van der Waals surface area contributed by atoms with Crippen molar-refractivity contribution in [1.82, 2.24) is 0 Å². The third kappa shape index (κ3) is 2.31. The summed E-state index contributed by atoms with van der Waals surface area (Å²) in [5.41, 5.74) is 5.72. The first-order valence-corrected chi connectivity index (χ1v) is 5.15. The first kappa shape index (κ1) is 11.7. The van der Waals surface area contributed by atoms with Crippen molar-refractivity contribution >= 4 is 5.97 Å². The number of hydrogen-bond acceptors (Lipinski definition) is 4. The highest BCUT2D eigenvalue weighted by Crippen LogP contribution is 2.38. The average Bonchev–Trinajstić information content (AvgIpc) is 2.27. The van der Waals surface area contributed by atoms with E-state index in [1.165, 1.54) is 12.1 Å². The molecule has 1 aliphatic heterocycles. The Hall–Kier alpha value is -1.82. The fourth-order valence-electron chi connectivity index (χ4n) is 1.75. The van der Waals surface area contributed by atoms with E-state index in [2.05, 4.69) is 0 Å². The normalized spacial score (nSPS) is 15.4. The highest BCUT2D eigenvalue weighted by molar-refractivity contribution is 5.68. The van der Waals surface area contributed by atoms with E-state index in [1.54, 1.807) is 0 Å². The molecule has 0 aromatic heterocycles. The Balaban J connectivity index is 2.40. The van der Waals surface area contributed by atoms with Crippen LogP contribution in [0.5, 0.6) is 11.5 Å². The lowest BCUT2D eigenvalue weighted by atomic mass is 10.0. The van der Waals surface area contributed by atoms with Gasteiger partial charge in [0, 0.05) is 6.04 Å². The molecule has 0 saturated carbocycles. The molecule has 1 unspecified atom stereocenters. The van der Waals surface area contributed by atoms with Crippen molar-refractivity contribution in [2.75, 3.05) is 13.2 Å². The zero-order valence-electron chi connectivity index (χ0n) is 8.98. The lowest BCUT2D eigenvalue weighted by Crippen LogP contribution is -2.22. The maximum atomic E-state index is 13.7. The molecule has 2 rings (SSSR count). The van der Waals surface area contributed by atoms with Gasteiger partial charge in [0.05, 0.1) is 12.0 Å². The fraction of sp³-hybridized carbons (Fsp3) is 0.364. The van der Waals surface area contributed by atoms with Crippen molar-refractivity contribution in [1.29, 1.82) is 0 Å². The standard InChI is InChI=1S/C11H12FNO4/c12-6-1-2-8-11(17-4-3-16-8)10(6)7(13)5-9(14)15/h1-2,7H,3-5,13H2,(H,14,15). The largest absolute Gasteiger partial charge is 0.486 e. The Morgan fingerprint density at radius 1 is 1.47 bits per heavy atom. The van der Waals surface area contributed by atoms with Gasteiger partial charge in [-0.25, -0.2) is 4.39 Å². The Kier molecular flexibility index (Phi) is 3.14. The first-order chi connectivity index (χ1) is 8.09. The van der Waals surface area contributed by atoms with Gasteiger partial charge in [0.25, 0.3) is 0 Å². The minimum absolute atomic E-state index is 0.0598. The molecule has 1 atom stereocenters. The molecular formula is C11H12FNO4. The van der Waals surface area contributed by atoms with Crippen molar-refractivity contribution in [3.05, 3.63) is 23.5 Å². The number of carboxylic acid groups (broad SMARTS) is 1. The van der Waals surface area contributed by atoms with E-state index in [0.29, 0.717) is 19.0 Å². The quantitative estimate of drug-likeness (QED) is 0.827. The van der Waals surface area contributed by atoms with Crippen LogP contribution in [0.25, 0.3) is 0 Å². The third-order valence-electron chi connectivity index (χ3n) is 2.46. The van der Waals surface area contributed by atoms with Crippen LogP contribution in [0.1, 0.15) is 18.0 Å². The summed E-state index contributed by atoms with van der Waals surface area (Å²) >= 11 is 0. The molecule has 0 bridgehead atoms. The van der Waals surface area contributed by atoms with Crippen LogP contribution < -0.4 is 15.2 Å².